The van der Waals surface area contributed by atoms with Gasteiger partial charge in [0.1, 0.15) is 11.1 Å². The van der Waals surface area contributed by atoms with Crippen LogP contribution in [0.3, 0.4) is 0 Å². The third-order valence-electron chi connectivity index (χ3n) is 11.0. The minimum atomic E-state index is 0.631. The third kappa shape index (κ3) is 4.46. The minimum absolute atomic E-state index is 0.631. The number of furan rings is 1. The highest BCUT2D eigenvalue weighted by Crippen LogP contribution is 2.41. The average Bonchev–Trinajstić information content (AvgIpc) is 3.90. The fourth-order valence-corrected chi connectivity index (χ4v) is 8.47. The maximum Gasteiger partial charge on any atom is 0.197 e. The summed E-state index contributed by atoms with van der Waals surface area (Å²) in [6.45, 7) is 0. The maximum atomic E-state index is 6.86. The summed E-state index contributed by atoms with van der Waals surface area (Å²) in [5.41, 5.74) is 10.6. The molecule has 0 saturated carbocycles. The van der Waals surface area contributed by atoms with Crippen molar-refractivity contribution in [2.75, 3.05) is 0 Å². The van der Waals surface area contributed by atoms with E-state index in [1.807, 2.05) is 12.3 Å². The Balaban J connectivity index is 1.17. The van der Waals surface area contributed by atoms with E-state index in [0.717, 1.165) is 82.5 Å². The van der Waals surface area contributed by atoms with Gasteiger partial charge in [0, 0.05) is 56.1 Å². The molecular weight excluding hydrogens is 675 g/mol. The summed E-state index contributed by atoms with van der Waals surface area (Å²) in [4.78, 5) is 15.2. The van der Waals surface area contributed by atoms with Crippen LogP contribution in [0.5, 0.6) is 0 Å². The smallest absolute Gasteiger partial charge is 0.197 e. The van der Waals surface area contributed by atoms with Gasteiger partial charge in [-0.2, -0.15) is 0 Å². The fourth-order valence-electron chi connectivity index (χ4n) is 8.47. The summed E-state index contributed by atoms with van der Waals surface area (Å²) in [5.74, 6) is 1.33. The molecule has 0 unspecified atom stereocenters. The molecule has 6 heteroatoms. The van der Waals surface area contributed by atoms with E-state index in [2.05, 4.69) is 172 Å². The van der Waals surface area contributed by atoms with Gasteiger partial charge < -0.3 is 8.98 Å². The van der Waals surface area contributed by atoms with Gasteiger partial charge in [0.25, 0.3) is 0 Å². The quantitative estimate of drug-likeness (QED) is 0.183. The second kappa shape index (κ2) is 11.5. The molecule has 5 heterocycles. The first-order valence-corrected chi connectivity index (χ1v) is 18.4. The molecule has 0 fully saturated rings. The number of nitrogens with zero attached hydrogens (tertiary/aromatic N) is 5. The van der Waals surface area contributed by atoms with Gasteiger partial charge in [-0.3, -0.25) is 9.55 Å². The van der Waals surface area contributed by atoms with E-state index in [4.69, 9.17) is 14.4 Å². The lowest BCUT2D eigenvalue weighted by molar-refractivity contribution is 0.662. The van der Waals surface area contributed by atoms with Crippen LogP contribution in [0.4, 0.5) is 0 Å². The molecule has 0 aliphatic carbocycles. The van der Waals surface area contributed by atoms with Crippen molar-refractivity contribution in [2.45, 2.75) is 0 Å². The fraction of sp³-hybridized carbons (Fsp3) is 0. The average molecular weight is 704 g/mol. The number of benzene rings is 7. The molecule has 256 valence electrons. The lowest BCUT2D eigenvalue weighted by Gasteiger charge is -2.11. The Hall–Kier alpha value is -7.57. The molecule has 12 rings (SSSR count). The number of para-hydroxylation sites is 3. The van der Waals surface area contributed by atoms with Crippen molar-refractivity contribution in [3.63, 3.8) is 0 Å². The molecule has 0 amide bonds. The molecule has 0 atom stereocenters. The van der Waals surface area contributed by atoms with Gasteiger partial charge in [-0.25, -0.2) is 9.97 Å². The highest BCUT2D eigenvalue weighted by atomic mass is 16.3. The van der Waals surface area contributed by atoms with Crippen LogP contribution in [0.2, 0.25) is 0 Å². The Bertz CT molecular complexity index is 3490. The van der Waals surface area contributed by atoms with Crippen LogP contribution in [0.15, 0.2) is 181 Å². The second-order valence-electron chi connectivity index (χ2n) is 14.1. The maximum absolute atomic E-state index is 6.86. The predicted molar refractivity (Wildman–Crippen MR) is 224 cm³/mol. The van der Waals surface area contributed by atoms with Crippen LogP contribution in [0.25, 0.3) is 110 Å². The zero-order chi connectivity index (χ0) is 36.0. The summed E-state index contributed by atoms with van der Waals surface area (Å²) >= 11 is 0. The molecule has 0 aliphatic heterocycles. The minimum Gasteiger partial charge on any atom is -0.450 e. The monoisotopic (exact) mass is 703 g/mol. The molecule has 0 spiro atoms. The van der Waals surface area contributed by atoms with Crippen LogP contribution in [-0.4, -0.2) is 24.1 Å². The standard InChI is InChI=1S/C49H29N5O/c1-2-14-35(15-3-1)53-41-18-8-6-16-36(41)39-26-33(21-23-43(39)53)48-51-46-38-22-20-32(34-13-10-24-50-29-34)28-45(38)55-47(46)49(52-48)54-42-19-9-7-17-37(42)40-25-30-11-4-5-12-31(30)27-44(40)54/h1-29H. The molecule has 0 saturated heterocycles. The zero-order valence-electron chi connectivity index (χ0n) is 29.4. The SMILES string of the molecule is c1ccc(-n2c3ccccc3c3cc(-c4nc(-n5c6ccccc6c6cc7ccccc7cc65)c5oc6cc(-c7cccnc7)ccc6c5n4)ccc32)cc1. The zero-order valence-corrected chi connectivity index (χ0v) is 29.4. The molecule has 7 aromatic carbocycles. The molecule has 5 aromatic heterocycles. The van der Waals surface area contributed by atoms with E-state index in [0.29, 0.717) is 17.2 Å². The first-order valence-electron chi connectivity index (χ1n) is 18.4. The first-order chi connectivity index (χ1) is 27.3. The molecule has 12 aromatic rings. The van der Waals surface area contributed by atoms with E-state index in [-0.39, 0.29) is 0 Å². The lowest BCUT2D eigenvalue weighted by Crippen LogP contribution is -2.02. The third-order valence-corrected chi connectivity index (χ3v) is 11.0. The van der Waals surface area contributed by atoms with Gasteiger partial charge in [0.2, 0.25) is 0 Å². The van der Waals surface area contributed by atoms with Crippen molar-refractivity contribution in [1.82, 2.24) is 24.1 Å². The summed E-state index contributed by atoms with van der Waals surface area (Å²) in [6.07, 6.45) is 3.67. The molecule has 55 heavy (non-hydrogen) atoms. The topological polar surface area (TPSA) is 61.7 Å². The van der Waals surface area contributed by atoms with Gasteiger partial charge in [0.05, 0.1) is 22.1 Å². The Morgan fingerprint density at radius 3 is 1.93 bits per heavy atom. The summed E-state index contributed by atoms with van der Waals surface area (Å²) < 4.78 is 11.4. The van der Waals surface area contributed by atoms with Gasteiger partial charge in [-0.05, 0) is 89.1 Å². The van der Waals surface area contributed by atoms with E-state index >= 15 is 0 Å². The predicted octanol–water partition coefficient (Wildman–Crippen LogP) is 12.5. The van der Waals surface area contributed by atoms with Crippen molar-refractivity contribution >= 4 is 76.5 Å². The van der Waals surface area contributed by atoms with E-state index in [1.165, 1.54) is 10.8 Å². The Morgan fingerprint density at radius 1 is 0.436 bits per heavy atom. The van der Waals surface area contributed by atoms with Gasteiger partial charge in [-0.15, -0.1) is 0 Å². The van der Waals surface area contributed by atoms with Crippen molar-refractivity contribution in [3.8, 4) is 34.0 Å². The van der Waals surface area contributed by atoms with E-state index < -0.39 is 0 Å². The number of hydrogen-bond acceptors (Lipinski definition) is 4. The Labute approximate surface area is 314 Å². The molecule has 0 N–H and O–H groups in total. The molecule has 6 nitrogen and oxygen atoms in total. The number of hydrogen-bond donors (Lipinski definition) is 0. The second-order valence-corrected chi connectivity index (χ2v) is 14.1. The summed E-state index contributed by atoms with van der Waals surface area (Å²) in [5, 5.41) is 7.92. The number of pyridine rings is 1. The van der Waals surface area contributed by atoms with E-state index in [1.54, 1.807) is 6.20 Å². The Morgan fingerprint density at radius 2 is 1.13 bits per heavy atom. The molecule has 0 bridgehead atoms. The van der Waals surface area contributed by atoms with Gasteiger partial charge in [-0.1, -0.05) is 91.0 Å². The van der Waals surface area contributed by atoms with Crippen LogP contribution < -0.4 is 0 Å². The highest BCUT2D eigenvalue weighted by molar-refractivity contribution is 6.15. The highest BCUT2D eigenvalue weighted by Gasteiger charge is 2.23. The molecular formula is C49H29N5O. The molecule has 0 aliphatic rings. The normalized spacial score (nSPS) is 12.0. The largest absolute Gasteiger partial charge is 0.450 e. The van der Waals surface area contributed by atoms with Crippen LogP contribution >= 0.6 is 0 Å². The van der Waals surface area contributed by atoms with Crippen molar-refractivity contribution in [2.24, 2.45) is 0 Å². The summed E-state index contributed by atoms with van der Waals surface area (Å²) in [6, 6.07) is 57.7. The van der Waals surface area contributed by atoms with Crippen LogP contribution in [-0.2, 0) is 0 Å². The van der Waals surface area contributed by atoms with Crippen LogP contribution in [0, 0.1) is 0 Å². The molecule has 0 radical (unpaired) electrons. The summed E-state index contributed by atoms with van der Waals surface area (Å²) in [7, 11) is 0. The van der Waals surface area contributed by atoms with Crippen molar-refractivity contribution < 1.29 is 4.42 Å². The van der Waals surface area contributed by atoms with Crippen molar-refractivity contribution in [1.29, 1.82) is 0 Å². The van der Waals surface area contributed by atoms with Gasteiger partial charge in [0.15, 0.2) is 17.2 Å². The number of aromatic nitrogens is 5. The number of rotatable bonds is 4. The van der Waals surface area contributed by atoms with Crippen molar-refractivity contribution in [3.05, 3.63) is 176 Å². The first kappa shape index (κ1) is 29.9. The Kier molecular flexibility index (Phi) is 6.24. The van der Waals surface area contributed by atoms with E-state index in [9.17, 15) is 0 Å². The lowest BCUT2D eigenvalue weighted by atomic mass is 10.1. The number of fused-ring (bicyclic) bond motifs is 10. The van der Waals surface area contributed by atoms with Gasteiger partial charge >= 0.3 is 0 Å². The van der Waals surface area contributed by atoms with Crippen LogP contribution in [0.1, 0.15) is 0 Å².